The molecular formula is C19H28BN3O4. The van der Waals surface area contributed by atoms with Gasteiger partial charge in [0, 0.05) is 29.8 Å². The summed E-state index contributed by atoms with van der Waals surface area (Å²) in [6.07, 6.45) is 4.76. The molecule has 2 bridgehead atoms. The van der Waals surface area contributed by atoms with Gasteiger partial charge in [0.25, 0.3) is 0 Å². The summed E-state index contributed by atoms with van der Waals surface area (Å²) in [5.41, 5.74) is 0.190. The molecule has 146 valence electrons. The zero-order chi connectivity index (χ0) is 19.4. The van der Waals surface area contributed by atoms with Gasteiger partial charge in [-0.3, -0.25) is 0 Å². The van der Waals surface area contributed by atoms with Crippen LogP contribution >= 0.6 is 0 Å². The Hall–Kier alpha value is -1.80. The number of anilines is 1. The number of piperidine rings is 1. The summed E-state index contributed by atoms with van der Waals surface area (Å²) >= 11 is 0. The minimum absolute atomic E-state index is 0.0419. The lowest BCUT2D eigenvalue weighted by atomic mass is 9.80. The molecular weight excluding hydrogens is 345 g/mol. The van der Waals surface area contributed by atoms with Crippen molar-refractivity contribution in [2.45, 2.75) is 82.7 Å². The van der Waals surface area contributed by atoms with Crippen LogP contribution in [0.3, 0.4) is 0 Å². The molecule has 3 aliphatic rings. The van der Waals surface area contributed by atoms with E-state index in [1.807, 2.05) is 46.0 Å². The molecule has 0 aromatic carbocycles. The number of amides is 1. The van der Waals surface area contributed by atoms with E-state index >= 15 is 0 Å². The first-order valence-corrected chi connectivity index (χ1v) is 9.76. The molecule has 3 saturated heterocycles. The summed E-state index contributed by atoms with van der Waals surface area (Å²) in [4.78, 5) is 18.0. The standard InChI is InChI=1S/C19H28BN3O4/c1-18(2)19(3,4)27-20(26-18)12-5-8-16(21-11-12)23-14-6-7-15(23)10-13(9-14)22-17(24)25/h5,8,11,13-15,22H,6-7,9-10H2,1-4H3,(H,24,25)/t13-,14-,15+. The molecule has 0 unspecified atom stereocenters. The van der Waals surface area contributed by atoms with Gasteiger partial charge in [-0.05, 0) is 59.4 Å². The maximum absolute atomic E-state index is 10.9. The Labute approximate surface area is 160 Å². The molecule has 1 aromatic heterocycles. The van der Waals surface area contributed by atoms with Crippen LogP contribution in [-0.2, 0) is 9.31 Å². The Bertz CT molecular complexity index is 694. The molecule has 4 heterocycles. The van der Waals surface area contributed by atoms with Crippen molar-refractivity contribution >= 4 is 24.5 Å². The van der Waals surface area contributed by atoms with Gasteiger partial charge in [0.1, 0.15) is 5.82 Å². The zero-order valence-corrected chi connectivity index (χ0v) is 16.4. The van der Waals surface area contributed by atoms with Crippen LogP contribution in [0.25, 0.3) is 0 Å². The van der Waals surface area contributed by atoms with Crippen molar-refractivity contribution < 1.29 is 19.2 Å². The van der Waals surface area contributed by atoms with Crippen LogP contribution in [0.4, 0.5) is 10.6 Å². The zero-order valence-electron chi connectivity index (χ0n) is 16.4. The first kappa shape index (κ1) is 18.6. The van der Waals surface area contributed by atoms with Gasteiger partial charge < -0.3 is 24.6 Å². The number of fused-ring (bicyclic) bond motifs is 2. The highest BCUT2D eigenvalue weighted by Crippen LogP contribution is 2.39. The van der Waals surface area contributed by atoms with Gasteiger partial charge in [0.15, 0.2) is 0 Å². The number of nitrogens with one attached hydrogen (secondary N) is 1. The van der Waals surface area contributed by atoms with E-state index in [0.717, 1.165) is 37.0 Å². The summed E-state index contributed by atoms with van der Waals surface area (Å²) in [5, 5.41) is 11.6. The lowest BCUT2D eigenvalue weighted by molar-refractivity contribution is 0.00578. The van der Waals surface area contributed by atoms with Gasteiger partial charge in [-0.25, -0.2) is 9.78 Å². The summed E-state index contributed by atoms with van der Waals surface area (Å²) in [6, 6.07) is 4.80. The topological polar surface area (TPSA) is 83.9 Å². The number of pyridine rings is 1. The molecule has 0 radical (unpaired) electrons. The highest BCUT2D eigenvalue weighted by molar-refractivity contribution is 6.62. The third-order valence-electron chi connectivity index (χ3n) is 6.62. The first-order valence-electron chi connectivity index (χ1n) is 9.76. The third kappa shape index (κ3) is 3.29. The second-order valence-electron chi connectivity index (χ2n) is 8.95. The van der Waals surface area contributed by atoms with E-state index in [4.69, 9.17) is 19.4 Å². The lowest BCUT2D eigenvalue weighted by Crippen LogP contribution is -2.50. The van der Waals surface area contributed by atoms with Crippen LogP contribution in [0.2, 0.25) is 0 Å². The third-order valence-corrected chi connectivity index (χ3v) is 6.62. The van der Waals surface area contributed by atoms with Crippen molar-refractivity contribution in [2.24, 2.45) is 0 Å². The molecule has 3 fully saturated rings. The van der Waals surface area contributed by atoms with Gasteiger partial charge in [0.2, 0.25) is 0 Å². The number of carbonyl (C=O) groups is 1. The van der Waals surface area contributed by atoms with Gasteiger partial charge in [-0.2, -0.15) is 0 Å². The maximum Gasteiger partial charge on any atom is 0.496 e. The summed E-state index contributed by atoms with van der Waals surface area (Å²) in [5.74, 6) is 0.955. The fraction of sp³-hybridized carbons (Fsp3) is 0.684. The molecule has 4 rings (SSSR count). The van der Waals surface area contributed by atoms with Crippen LogP contribution in [0.5, 0.6) is 0 Å². The van der Waals surface area contributed by atoms with Crippen molar-refractivity contribution in [3.05, 3.63) is 18.3 Å². The minimum atomic E-state index is -0.933. The van der Waals surface area contributed by atoms with Crippen LogP contribution in [0.1, 0.15) is 53.4 Å². The number of nitrogens with zero attached hydrogens (tertiary/aromatic N) is 2. The van der Waals surface area contributed by atoms with E-state index in [-0.39, 0.29) is 17.2 Å². The Morgan fingerprint density at radius 1 is 1.19 bits per heavy atom. The highest BCUT2D eigenvalue weighted by Gasteiger charge is 2.52. The smallest absolute Gasteiger partial charge is 0.465 e. The average Bonchev–Trinajstić information content (AvgIpc) is 2.96. The quantitative estimate of drug-likeness (QED) is 0.790. The summed E-state index contributed by atoms with van der Waals surface area (Å²) < 4.78 is 12.2. The largest absolute Gasteiger partial charge is 0.496 e. The molecule has 1 amide bonds. The predicted octanol–water partition coefficient (Wildman–Crippen LogP) is 2.15. The van der Waals surface area contributed by atoms with E-state index in [1.54, 1.807) is 0 Å². The molecule has 1 aromatic rings. The molecule has 0 spiro atoms. The minimum Gasteiger partial charge on any atom is -0.465 e. The van der Waals surface area contributed by atoms with Crippen LogP contribution < -0.4 is 15.7 Å². The molecule has 3 aliphatic heterocycles. The van der Waals surface area contributed by atoms with Crippen LogP contribution in [0.15, 0.2) is 18.3 Å². The molecule has 2 N–H and O–H groups in total. The van der Waals surface area contributed by atoms with Crippen molar-refractivity contribution in [3.63, 3.8) is 0 Å². The molecule has 8 heteroatoms. The van der Waals surface area contributed by atoms with E-state index < -0.39 is 13.2 Å². The summed E-state index contributed by atoms with van der Waals surface area (Å²) in [7, 11) is -0.404. The van der Waals surface area contributed by atoms with Gasteiger partial charge in [0.05, 0.1) is 11.2 Å². The second-order valence-corrected chi connectivity index (χ2v) is 8.95. The monoisotopic (exact) mass is 373 g/mol. The van der Waals surface area contributed by atoms with Crippen LogP contribution in [-0.4, -0.2) is 52.6 Å². The summed E-state index contributed by atoms with van der Waals surface area (Å²) in [6.45, 7) is 8.17. The Morgan fingerprint density at radius 2 is 1.78 bits per heavy atom. The fourth-order valence-electron chi connectivity index (χ4n) is 4.51. The normalized spacial score (nSPS) is 31.2. The van der Waals surface area contributed by atoms with Crippen molar-refractivity contribution in [3.8, 4) is 0 Å². The Morgan fingerprint density at radius 3 is 2.26 bits per heavy atom. The number of carboxylic acid groups (broad SMARTS) is 1. The second kappa shape index (κ2) is 6.38. The number of rotatable bonds is 3. The van der Waals surface area contributed by atoms with E-state index in [9.17, 15) is 4.79 Å². The van der Waals surface area contributed by atoms with Gasteiger partial charge in [-0.1, -0.05) is 6.07 Å². The lowest BCUT2D eigenvalue weighted by Gasteiger charge is -2.39. The number of aromatic nitrogens is 1. The molecule has 27 heavy (non-hydrogen) atoms. The first-order chi connectivity index (χ1) is 12.7. The van der Waals surface area contributed by atoms with E-state index in [0.29, 0.717) is 12.1 Å². The van der Waals surface area contributed by atoms with Gasteiger partial charge in [-0.15, -0.1) is 0 Å². The maximum atomic E-state index is 10.9. The van der Waals surface area contributed by atoms with E-state index in [2.05, 4.69) is 10.2 Å². The molecule has 0 aliphatic carbocycles. The van der Waals surface area contributed by atoms with Crippen molar-refractivity contribution in [1.29, 1.82) is 0 Å². The van der Waals surface area contributed by atoms with Crippen molar-refractivity contribution in [2.75, 3.05) is 4.90 Å². The van der Waals surface area contributed by atoms with Crippen LogP contribution in [0, 0.1) is 0 Å². The highest BCUT2D eigenvalue weighted by atomic mass is 16.7. The number of hydrogen-bond acceptors (Lipinski definition) is 5. The molecule has 3 atom stereocenters. The fourth-order valence-corrected chi connectivity index (χ4v) is 4.51. The molecule has 7 nitrogen and oxygen atoms in total. The van der Waals surface area contributed by atoms with E-state index in [1.165, 1.54) is 0 Å². The van der Waals surface area contributed by atoms with Crippen molar-refractivity contribution in [1.82, 2.24) is 10.3 Å². The number of hydrogen-bond donors (Lipinski definition) is 2. The molecule has 0 saturated carbocycles. The average molecular weight is 373 g/mol. The Kier molecular flexibility index (Phi) is 4.39. The Balaban J connectivity index is 1.47. The van der Waals surface area contributed by atoms with Gasteiger partial charge >= 0.3 is 13.2 Å². The predicted molar refractivity (Wildman–Crippen MR) is 103 cm³/mol. The SMILES string of the molecule is CC1(C)OB(c2ccc(N3[C@@H]4CC[C@H]3C[C@H](NC(=O)O)C4)nc2)OC1(C)C.